The Labute approximate surface area is 115 Å². The van der Waals surface area contributed by atoms with Gasteiger partial charge in [0.05, 0.1) is 5.69 Å². The molecule has 0 amide bonds. The monoisotopic (exact) mass is 270 g/mol. The second-order valence-electron chi connectivity index (χ2n) is 4.19. The number of fused-ring (bicyclic) bond motifs is 1. The normalized spacial score (nSPS) is 12.0. The van der Waals surface area contributed by atoms with Gasteiger partial charge in [-0.2, -0.15) is 0 Å². The number of aromatic nitrogens is 3. The van der Waals surface area contributed by atoms with Crippen molar-refractivity contribution in [2.75, 3.05) is 0 Å². The number of hydrogen-bond donors (Lipinski definition) is 0. The Morgan fingerprint density at radius 3 is 2.16 bits per heavy atom. The van der Waals surface area contributed by atoms with E-state index in [1.165, 1.54) is 10.4 Å². The minimum Gasteiger partial charge on any atom is -0.217 e. The Hall–Kier alpha value is -2.20. The summed E-state index contributed by atoms with van der Waals surface area (Å²) in [6, 6.07) is 15.4. The molecule has 19 heavy (non-hydrogen) atoms. The third kappa shape index (κ3) is 2.48. The molecular formula is C14H11ClN4. The predicted molar refractivity (Wildman–Crippen MR) is 77.1 cm³/mol. The lowest BCUT2D eigenvalue weighted by molar-refractivity contribution is 0.825. The Morgan fingerprint density at radius 1 is 1.00 bits per heavy atom. The van der Waals surface area contributed by atoms with Crippen LogP contribution in [0.2, 0.25) is 0 Å². The van der Waals surface area contributed by atoms with Crippen molar-refractivity contribution >= 4 is 33.6 Å². The Morgan fingerprint density at radius 2 is 1.58 bits per heavy atom. The molecule has 4 nitrogen and oxygen atoms in total. The van der Waals surface area contributed by atoms with Gasteiger partial charge in [0.2, 0.25) is 5.29 Å². The molecule has 0 aliphatic carbocycles. The first-order chi connectivity index (χ1) is 9.22. The summed E-state index contributed by atoms with van der Waals surface area (Å²) in [5.41, 5.74) is 3.54. The van der Waals surface area contributed by atoms with Gasteiger partial charge in [-0.05, 0) is 42.8 Å². The van der Waals surface area contributed by atoms with E-state index in [0.717, 1.165) is 16.7 Å². The maximum Gasteiger partial charge on any atom is 0.243 e. The summed E-state index contributed by atoms with van der Waals surface area (Å²) in [5.74, 6) is 0. The van der Waals surface area contributed by atoms with Crippen LogP contribution in [0.15, 0.2) is 53.5 Å². The van der Waals surface area contributed by atoms with Gasteiger partial charge in [-0.25, -0.2) is 4.99 Å². The van der Waals surface area contributed by atoms with E-state index in [-0.39, 0.29) is 5.29 Å². The van der Waals surface area contributed by atoms with Gasteiger partial charge < -0.3 is 0 Å². The van der Waals surface area contributed by atoms with Crippen LogP contribution < -0.4 is 0 Å². The van der Waals surface area contributed by atoms with Crippen molar-refractivity contribution in [1.29, 1.82) is 0 Å². The molecule has 0 unspecified atom stereocenters. The lowest BCUT2D eigenvalue weighted by Gasteiger charge is -1.97. The molecule has 0 radical (unpaired) electrons. The van der Waals surface area contributed by atoms with Gasteiger partial charge in [-0.3, -0.25) is 0 Å². The van der Waals surface area contributed by atoms with E-state index in [1.54, 1.807) is 0 Å². The van der Waals surface area contributed by atoms with Gasteiger partial charge in [-0.1, -0.05) is 29.8 Å². The van der Waals surface area contributed by atoms with Crippen LogP contribution >= 0.6 is 11.6 Å². The summed E-state index contributed by atoms with van der Waals surface area (Å²) in [5, 5.41) is 8.76. The number of rotatable bonds is 1. The van der Waals surface area contributed by atoms with Crippen molar-refractivity contribution in [2.45, 2.75) is 6.92 Å². The Bertz CT molecular complexity index is 710. The van der Waals surface area contributed by atoms with Crippen molar-refractivity contribution in [3.05, 3.63) is 54.1 Å². The molecule has 0 aliphatic heterocycles. The zero-order valence-electron chi connectivity index (χ0n) is 10.3. The molecule has 94 valence electrons. The number of nitrogens with zero attached hydrogens (tertiary/aromatic N) is 4. The van der Waals surface area contributed by atoms with Crippen LogP contribution in [0, 0.1) is 6.92 Å². The largest absolute Gasteiger partial charge is 0.243 e. The lowest BCUT2D eigenvalue weighted by atomic mass is 10.2. The molecule has 1 heterocycles. The summed E-state index contributed by atoms with van der Waals surface area (Å²) in [7, 11) is 0. The average Bonchev–Trinajstić information content (AvgIpc) is 2.85. The first-order valence-corrected chi connectivity index (χ1v) is 6.23. The van der Waals surface area contributed by atoms with E-state index >= 15 is 0 Å². The highest BCUT2D eigenvalue weighted by Crippen LogP contribution is 2.14. The van der Waals surface area contributed by atoms with Crippen molar-refractivity contribution in [3.63, 3.8) is 0 Å². The molecule has 0 bridgehead atoms. The van der Waals surface area contributed by atoms with Crippen LogP contribution in [0.3, 0.4) is 0 Å². The molecular weight excluding hydrogens is 260 g/mol. The topological polar surface area (TPSA) is 43.1 Å². The third-order valence-corrected chi connectivity index (χ3v) is 2.94. The molecule has 3 rings (SSSR count). The Balaban J connectivity index is 1.98. The second-order valence-corrected chi connectivity index (χ2v) is 4.53. The Kier molecular flexibility index (Phi) is 3.01. The average molecular weight is 271 g/mol. The van der Waals surface area contributed by atoms with E-state index in [2.05, 4.69) is 15.2 Å². The lowest BCUT2D eigenvalue weighted by Crippen LogP contribution is -2.08. The molecule has 2 aromatic carbocycles. The minimum absolute atomic E-state index is 0.222. The van der Waals surface area contributed by atoms with E-state index in [4.69, 9.17) is 11.6 Å². The SMILES string of the molecule is Cc1ccc(N=C(Cl)n2nc3ccccc3n2)cc1. The standard InChI is InChI=1S/C14H11ClN4/c1-10-6-8-11(9-7-10)16-14(15)19-17-12-4-2-3-5-13(12)18-19/h2-9H,1H3. The van der Waals surface area contributed by atoms with Gasteiger partial charge in [-0.15, -0.1) is 15.0 Å². The van der Waals surface area contributed by atoms with E-state index in [1.807, 2.05) is 55.5 Å². The fourth-order valence-corrected chi connectivity index (χ4v) is 1.89. The van der Waals surface area contributed by atoms with Crippen LogP contribution in [0.1, 0.15) is 5.56 Å². The molecule has 0 atom stereocenters. The molecule has 0 spiro atoms. The maximum atomic E-state index is 6.14. The first kappa shape index (κ1) is 11.9. The quantitative estimate of drug-likeness (QED) is 0.502. The highest BCUT2D eigenvalue weighted by Gasteiger charge is 2.05. The predicted octanol–water partition coefficient (Wildman–Crippen LogP) is 3.51. The summed E-state index contributed by atoms with van der Waals surface area (Å²) < 4.78 is 0. The summed E-state index contributed by atoms with van der Waals surface area (Å²) in [6.45, 7) is 2.02. The zero-order valence-corrected chi connectivity index (χ0v) is 11.0. The third-order valence-electron chi connectivity index (χ3n) is 2.71. The van der Waals surface area contributed by atoms with Gasteiger partial charge in [0.15, 0.2) is 0 Å². The van der Waals surface area contributed by atoms with Crippen LogP contribution in [0.25, 0.3) is 11.0 Å². The molecule has 0 aliphatic rings. The molecule has 0 fully saturated rings. The van der Waals surface area contributed by atoms with Gasteiger partial charge >= 0.3 is 0 Å². The van der Waals surface area contributed by atoms with Crippen LogP contribution in [0.5, 0.6) is 0 Å². The van der Waals surface area contributed by atoms with Gasteiger partial charge in [0.1, 0.15) is 11.0 Å². The van der Waals surface area contributed by atoms with Crippen LogP contribution in [0.4, 0.5) is 5.69 Å². The highest BCUT2D eigenvalue weighted by molar-refractivity contribution is 6.65. The number of aliphatic imine (C=N–C) groups is 1. The first-order valence-electron chi connectivity index (χ1n) is 5.86. The zero-order chi connectivity index (χ0) is 13.2. The molecule has 0 saturated carbocycles. The fraction of sp³-hybridized carbons (Fsp3) is 0.0714. The van der Waals surface area contributed by atoms with Crippen LogP contribution in [-0.2, 0) is 0 Å². The van der Waals surface area contributed by atoms with E-state index < -0.39 is 0 Å². The number of halogens is 1. The van der Waals surface area contributed by atoms with Crippen molar-refractivity contribution < 1.29 is 0 Å². The van der Waals surface area contributed by atoms with Crippen molar-refractivity contribution in [3.8, 4) is 0 Å². The highest BCUT2D eigenvalue weighted by atomic mass is 35.5. The second kappa shape index (κ2) is 4.82. The summed E-state index contributed by atoms with van der Waals surface area (Å²) >= 11 is 6.14. The van der Waals surface area contributed by atoms with Crippen molar-refractivity contribution in [2.24, 2.45) is 4.99 Å². The fourth-order valence-electron chi connectivity index (χ4n) is 1.71. The van der Waals surface area contributed by atoms with E-state index in [0.29, 0.717) is 0 Å². The molecule has 5 heteroatoms. The number of aryl methyl sites for hydroxylation is 1. The summed E-state index contributed by atoms with van der Waals surface area (Å²) in [6.07, 6.45) is 0. The molecule has 0 N–H and O–H groups in total. The number of hydrogen-bond acceptors (Lipinski definition) is 3. The maximum absolute atomic E-state index is 6.14. The van der Waals surface area contributed by atoms with Crippen molar-refractivity contribution in [1.82, 2.24) is 15.0 Å². The van der Waals surface area contributed by atoms with Crippen LogP contribution in [-0.4, -0.2) is 20.3 Å². The molecule has 1 aromatic heterocycles. The minimum atomic E-state index is 0.222. The van der Waals surface area contributed by atoms with Gasteiger partial charge in [0.25, 0.3) is 0 Å². The smallest absolute Gasteiger partial charge is 0.217 e. The number of benzene rings is 2. The summed E-state index contributed by atoms with van der Waals surface area (Å²) in [4.78, 5) is 5.63. The van der Waals surface area contributed by atoms with E-state index in [9.17, 15) is 0 Å². The molecule has 0 saturated heterocycles. The molecule has 3 aromatic rings. The van der Waals surface area contributed by atoms with Gasteiger partial charge in [0, 0.05) is 0 Å².